The maximum atomic E-state index is 12.7. The summed E-state index contributed by atoms with van der Waals surface area (Å²) in [6, 6.07) is 7.29. The van der Waals surface area contributed by atoms with Crippen LogP contribution < -0.4 is 10.9 Å². The number of aromatic nitrogens is 1. The second-order valence-corrected chi connectivity index (χ2v) is 8.24. The van der Waals surface area contributed by atoms with Crippen LogP contribution in [0.25, 0.3) is 10.9 Å². The molecule has 1 aromatic carbocycles. The summed E-state index contributed by atoms with van der Waals surface area (Å²) in [5, 5.41) is 3.39. The molecule has 5 heteroatoms. The van der Waals surface area contributed by atoms with E-state index in [4.69, 9.17) is 0 Å². The lowest BCUT2D eigenvalue weighted by Gasteiger charge is -2.28. The van der Waals surface area contributed by atoms with Gasteiger partial charge in [0.2, 0.25) is 11.8 Å². The number of nitrogens with one attached hydrogen (secondary N) is 1. The minimum Gasteiger partial charge on any atom is -0.296 e. The van der Waals surface area contributed by atoms with Crippen LogP contribution in [0.15, 0.2) is 29.1 Å². The number of carbonyl (C=O) groups is 2. The zero-order valence-corrected chi connectivity index (χ0v) is 16.0. The summed E-state index contributed by atoms with van der Waals surface area (Å²) in [5.74, 6) is 0.723. The standard InChI is InChI=1S/C22H26N2O3/c1-13-3-5-15(6-4-13)16-7-8-18-17(12-16)14(2)11-21(26)24(18)19-9-10-20(25)23-22(19)27/h7-8,11-13,15,19H,3-6,9-10H2,1-2H3,(H,23,25,27). The van der Waals surface area contributed by atoms with Gasteiger partial charge in [-0.2, -0.15) is 0 Å². The van der Waals surface area contributed by atoms with E-state index in [1.54, 1.807) is 10.6 Å². The minimum atomic E-state index is -0.625. The lowest BCUT2D eigenvalue weighted by molar-refractivity contribution is -0.135. The third-order valence-electron chi connectivity index (χ3n) is 6.29. The summed E-state index contributed by atoms with van der Waals surface area (Å²) in [6.07, 6.45) is 5.56. The number of rotatable bonds is 2. The summed E-state index contributed by atoms with van der Waals surface area (Å²) in [5.41, 5.74) is 2.85. The Morgan fingerprint density at radius 3 is 2.44 bits per heavy atom. The molecule has 2 amide bonds. The van der Waals surface area contributed by atoms with Gasteiger partial charge in [0.15, 0.2) is 0 Å². The molecule has 1 saturated carbocycles. The van der Waals surface area contributed by atoms with Crippen LogP contribution in [0, 0.1) is 12.8 Å². The van der Waals surface area contributed by atoms with Gasteiger partial charge in [0.25, 0.3) is 5.56 Å². The van der Waals surface area contributed by atoms with E-state index in [2.05, 4.69) is 24.4 Å². The Bertz CT molecular complexity index is 967. The van der Waals surface area contributed by atoms with Crippen molar-refractivity contribution >= 4 is 22.7 Å². The molecule has 5 nitrogen and oxygen atoms in total. The number of aryl methyl sites for hydroxylation is 1. The van der Waals surface area contributed by atoms with Gasteiger partial charge in [0.05, 0.1) is 5.52 Å². The first-order valence-corrected chi connectivity index (χ1v) is 9.93. The Labute approximate surface area is 158 Å². The average Bonchev–Trinajstić information content (AvgIpc) is 2.64. The maximum absolute atomic E-state index is 12.7. The van der Waals surface area contributed by atoms with Crippen molar-refractivity contribution in [1.29, 1.82) is 0 Å². The number of nitrogens with zero attached hydrogens (tertiary/aromatic N) is 1. The first-order chi connectivity index (χ1) is 12.9. The maximum Gasteiger partial charge on any atom is 0.252 e. The van der Waals surface area contributed by atoms with E-state index in [1.807, 2.05) is 13.0 Å². The molecule has 4 rings (SSSR count). The summed E-state index contributed by atoms with van der Waals surface area (Å²) in [6.45, 7) is 4.27. The van der Waals surface area contributed by atoms with Crippen LogP contribution in [0.4, 0.5) is 0 Å². The predicted molar refractivity (Wildman–Crippen MR) is 105 cm³/mol. The van der Waals surface area contributed by atoms with Crippen LogP contribution in [0.5, 0.6) is 0 Å². The minimum absolute atomic E-state index is 0.186. The van der Waals surface area contributed by atoms with Gasteiger partial charge in [0, 0.05) is 17.9 Å². The molecule has 0 spiro atoms. The van der Waals surface area contributed by atoms with Gasteiger partial charge in [0.1, 0.15) is 6.04 Å². The first kappa shape index (κ1) is 18.0. The summed E-state index contributed by atoms with van der Waals surface area (Å²) in [7, 11) is 0. The molecule has 0 bridgehead atoms. The van der Waals surface area contributed by atoms with Crippen molar-refractivity contribution in [2.45, 2.75) is 64.3 Å². The van der Waals surface area contributed by atoms with Crippen molar-refractivity contribution in [3.8, 4) is 0 Å². The third-order valence-corrected chi connectivity index (χ3v) is 6.29. The van der Waals surface area contributed by atoms with Crippen LogP contribution in [0.2, 0.25) is 0 Å². The summed E-state index contributed by atoms with van der Waals surface area (Å²) < 4.78 is 1.57. The lowest BCUT2D eigenvalue weighted by Crippen LogP contribution is -2.44. The number of benzene rings is 1. The van der Waals surface area contributed by atoms with Crippen molar-refractivity contribution in [1.82, 2.24) is 9.88 Å². The normalized spacial score (nSPS) is 26.2. The van der Waals surface area contributed by atoms with Crippen molar-refractivity contribution < 1.29 is 9.59 Å². The smallest absolute Gasteiger partial charge is 0.252 e. The van der Waals surface area contributed by atoms with Crippen molar-refractivity contribution in [3.63, 3.8) is 0 Å². The predicted octanol–water partition coefficient (Wildman–Crippen LogP) is 3.58. The molecule has 2 fully saturated rings. The number of amides is 2. The molecule has 1 atom stereocenters. The molecule has 1 saturated heterocycles. The quantitative estimate of drug-likeness (QED) is 0.826. The number of piperidine rings is 1. The Kier molecular flexibility index (Phi) is 4.62. The topological polar surface area (TPSA) is 68.2 Å². The third kappa shape index (κ3) is 3.31. The Morgan fingerprint density at radius 2 is 1.74 bits per heavy atom. The fraction of sp³-hybridized carbons (Fsp3) is 0.500. The van der Waals surface area contributed by atoms with Crippen molar-refractivity contribution in [2.75, 3.05) is 0 Å². The van der Waals surface area contributed by atoms with E-state index in [1.165, 1.54) is 31.2 Å². The van der Waals surface area contributed by atoms with Gasteiger partial charge in [-0.15, -0.1) is 0 Å². The molecule has 1 N–H and O–H groups in total. The van der Waals surface area contributed by atoms with E-state index >= 15 is 0 Å². The van der Waals surface area contributed by atoms with E-state index in [9.17, 15) is 14.4 Å². The highest BCUT2D eigenvalue weighted by molar-refractivity contribution is 6.00. The van der Waals surface area contributed by atoms with E-state index in [-0.39, 0.29) is 23.8 Å². The van der Waals surface area contributed by atoms with Gasteiger partial charge >= 0.3 is 0 Å². The SMILES string of the molecule is Cc1cc(=O)n(C2CCC(=O)NC2=O)c2ccc(C3CCC(C)CC3)cc12. The van der Waals surface area contributed by atoms with E-state index in [0.29, 0.717) is 12.3 Å². The van der Waals surface area contributed by atoms with E-state index in [0.717, 1.165) is 22.4 Å². The van der Waals surface area contributed by atoms with Crippen molar-refractivity contribution in [2.24, 2.45) is 5.92 Å². The van der Waals surface area contributed by atoms with Crippen LogP contribution in [-0.4, -0.2) is 16.4 Å². The number of carbonyl (C=O) groups excluding carboxylic acids is 2. The zero-order valence-electron chi connectivity index (χ0n) is 16.0. The second-order valence-electron chi connectivity index (χ2n) is 8.24. The molecular formula is C22H26N2O3. The van der Waals surface area contributed by atoms with Crippen molar-refractivity contribution in [3.05, 3.63) is 45.7 Å². The fourth-order valence-electron chi connectivity index (χ4n) is 4.63. The Morgan fingerprint density at radius 1 is 1.00 bits per heavy atom. The van der Waals surface area contributed by atoms with Crippen LogP contribution in [0.3, 0.4) is 0 Å². The molecule has 1 aliphatic heterocycles. The highest BCUT2D eigenvalue weighted by Gasteiger charge is 2.30. The Balaban J connectivity index is 1.78. The number of hydrogen-bond acceptors (Lipinski definition) is 3. The number of imide groups is 1. The Hall–Kier alpha value is -2.43. The monoisotopic (exact) mass is 366 g/mol. The van der Waals surface area contributed by atoms with Crippen LogP contribution >= 0.6 is 0 Å². The zero-order chi connectivity index (χ0) is 19.1. The molecule has 1 aliphatic carbocycles. The first-order valence-electron chi connectivity index (χ1n) is 9.93. The molecule has 142 valence electrons. The fourth-order valence-corrected chi connectivity index (χ4v) is 4.63. The largest absolute Gasteiger partial charge is 0.296 e. The van der Waals surface area contributed by atoms with Gasteiger partial charge in [-0.05, 0) is 61.3 Å². The molecule has 2 aliphatic rings. The number of hydrogen-bond donors (Lipinski definition) is 1. The van der Waals surface area contributed by atoms with Crippen LogP contribution in [-0.2, 0) is 9.59 Å². The lowest BCUT2D eigenvalue weighted by atomic mass is 9.79. The number of fused-ring (bicyclic) bond motifs is 1. The van der Waals surface area contributed by atoms with E-state index < -0.39 is 6.04 Å². The van der Waals surface area contributed by atoms with Gasteiger partial charge in [-0.3, -0.25) is 24.3 Å². The second kappa shape index (κ2) is 6.95. The molecule has 2 heterocycles. The highest BCUT2D eigenvalue weighted by Crippen LogP contribution is 2.37. The molecular weight excluding hydrogens is 340 g/mol. The molecule has 2 aromatic rings. The molecule has 0 radical (unpaired) electrons. The molecule has 27 heavy (non-hydrogen) atoms. The summed E-state index contributed by atoms with van der Waals surface area (Å²) in [4.78, 5) is 36.5. The van der Waals surface area contributed by atoms with Gasteiger partial charge in [-0.1, -0.05) is 25.8 Å². The molecule has 1 unspecified atom stereocenters. The van der Waals surface area contributed by atoms with Gasteiger partial charge in [-0.25, -0.2) is 0 Å². The number of pyridine rings is 1. The van der Waals surface area contributed by atoms with Gasteiger partial charge < -0.3 is 0 Å². The van der Waals surface area contributed by atoms with Crippen LogP contribution in [0.1, 0.15) is 68.5 Å². The summed E-state index contributed by atoms with van der Waals surface area (Å²) >= 11 is 0. The molecule has 1 aromatic heterocycles. The highest BCUT2D eigenvalue weighted by atomic mass is 16.2. The average molecular weight is 366 g/mol.